The highest BCUT2D eigenvalue weighted by molar-refractivity contribution is 9.10. The molecule has 0 spiro atoms. The van der Waals surface area contributed by atoms with Gasteiger partial charge in [0.2, 0.25) is 0 Å². The predicted molar refractivity (Wildman–Crippen MR) is 90.5 cm³/mol. The lowest BCUT2D eigenvalue weighted by atomic mass is 10.1. The van der Waals surface area contributed by atoms with Crippen molar-refractivity contribution in [3.63, 3.8) is 0 Å². The van der Waals surface area contributed by atoms with Crippen LogP contribution in [0.4, 0.5) is 5.69 Å². The first kappa shape index (κ1) is 14.7. The zero-order valence-corrected chi connectivity index (χ0v) is 13.5. The highest BCUT2D eigenvalue weighted by Gasteiger charge is 2.07. The molecule has 0 saturated carbocycles. The maximum absolute atomic E-state index is 11.7. The summed E-state index contributed by atoms with van der Waals surface area (Å²) in [5.41, 5.74) is 2.03. The van der Waals surface area contributed by atoms with Gasteiger partial charge in [0, 0.05) is 34.2 Å². The standard InChI is InChI=1S/C17H14BrNO3/c1-21-14-6-7-15-11(8-17(20)22-16(15)9-14)10-19-13-4-2-12(18)3-5-13/h2-9,19H,10H2,1H3. The van der Waals surface area contributed by atoms with Gasteiger partial charge in [-0.15, -0.1) is 0 Å². The first-order valence-corrected chi connectivity index (χ1v) is 7.55. The van der Waals surface area contributed by atoms with Gasteiger partial charge in [0.05, 0.1) is 7.11 Å². The van der Waals surface area contributed by atoms with Crippen molar-refractivity contribution in [1.82, 2.24) is 0 Å². The van der Waals surface area contributed by atoms with Crippen molar-refractivity contribution in [2.24, 2.45) is 0 Å². The third-order valence-corrected chi connectivity index (χ3v) is 3.89. The zero-order valence-electron chi connectivity index (χ0n) is 11.9. The van der Waals surface area contributed by atoms with Crippen molar-refractivity contribution in [2.75, 3.05) is 12.4 Å². The van der Waals surface area contributed by atoms with Crippen LogP contribution in [0.25, 0.3) is 11.0 Å². The van der Waals surface area contributed by atoms with Crippen molar-refractivity contribution in [1.29, 1.82) is 0 Å². The van der Waals surface area contributed by atoms with Gasteiger partial charge in [-0.05, 0) is 42.0 Å². The molecule has 3 aromatic rings. The van der Waals surface area contributed by atoms with E-state index >= 15 is 0 Å². The van der Waals surface area contributed by atoms with Crippen LogP contribution in [0.5, 0.6) is 5.75 Å². The summed E-state index contributed by atoms with van der Waals surface area (Å²) in [6.07, 6.45) is 0. The third-order valence-electron chi connectivity index (χ3n) is 3.36. The molecule has 5 heteroatoms. The smallest absolute Gasteiger partial charge is 0.336 e. The van der Waals surface area contributed by atoms with E-state index in [2.05, 4.69) is 21.2 Å². The molecule has 3 rings (SSSR count). The van der Waals surface area contributed by atoms with E-state index in [9.17, 15) is 4.79 Å². The van der Waals surface area contributed by atoms with Crippen LogP contribution >= 0.6 is 15.9 Å². The molecule has 1 heterocycles. The summed E-state index contributed by atoms with van der Waals surface area (Å²) in [5.74, 6) is 0.661. The average molecular weight is 360 g/mol. The molecule has 0 saturated heterocycles. The average Bonchev–Trinajstić information content (AvgIpc) is 2.53. The molecule has 112 valence electrons. The predicted octanol–water partition coefficient (Wildman–Crippen LogP) is 4.18. The van der Waals surface area contributed by atoms with Gasteiger partial charge in [-0.25, -0.2) is 4.79 Å². The number of anilines is 1. The number of fused-ring (bicyclic) bond motifs is 1. The second-order valence-electron chi connectivity index (χ2n) is 4.81. The molecule has 0 amide bonds. The second-order valence-corrected chi connectivity index (χ2v) is 5.73. The molecular weight excluding hydrogens is 346 g/mol. The summed E-state index contributed by atoms with van der Waals surface area (Å²) >= 11 is 3.40. The Morgan fingerprint density at radius 1 is 1.14 bits per heavy atom. The van der Waals surface area contributed by atoms with Gasteiger partial charge in [0.25, 0.3) is 0 Å². The topological polar surface area (TPSA) is 51.5 Å². The first-order chi connectivity index (χ1) is 10.7. The molecule has 2 aromatic carbocycles. The van der Waals surface area contributed by atoms with E-state index in [1.807, 2.05) is 36.4 Å². The first-order valence-electron chi connectivity index (χ1n) is 6.76. The van der Waals surface area contributed by atoms with Gasteiger partial charge >= 0.3 is 5.63 Å². The number of rotatable bonds is 4. The van der Waals surface area contributed by atoms with Crippen molar-refractivity contribution in [3.8, 4) is 5.75 Å². The molecule has 1 N–H and O–H groups in total. The number of nitrogens with one attached hydrogen (secondary N) is 1. The van der Waals surface area contributed by atoms with Gasteiger partial charge < -0.3 is 14.5 Å². The molecule has 0 unspecified atom stereocenters. The molecule has 0 aliphatic heterocycles. The van der Waals surface area contributed by atoms with E-state index in [0.29, 0.717) is 17.9 Å². The lowest BCUT2D eigenvalue weighted by molar-refractivity contribution is 0.414. The number of methoxy groups -OCH3 is 1. The largest absolute Gasteiger partial charge is 0.497 e. The summed E-state index contributed by atoms with van der Waals surface area (Å²) in [4.78, 5) is 11.7. The lowest BCUT2D eigenvalue weighted by Crippen LogP contribution is -2.05. The molecule has 0 aliphatic carbocycles. The van der Waals surface area contributed by atoms with Crippen LogP contribution in [0.3, 0.4) is 0 Å². The minimum Gasteiger partial charge on any atom is -0.497 e. The maximum atomic E-state index is 11.7. The van der Waals surface area contributed by atoms with Crippen LogP contribution in [-0.2, 0) is 6.54 Å². The highest BCUT2D eigenvalue weighted by atomic mass is 79.9. The molecule has 0 aliphatic rings. The van der Waals surface area contributed by atoms with E-state index in [0.717, 1.165) is 21.1 Å². The second kappa shape index (κ2) is 6.23. The van der Waals surface area contributed by atoms with E-state index in [1.54, 1.807) is 13.2 Å². The Labute approximate surface area is 135 Å². The minimum absolute atomic E-state index is 0.367. The summed E-state index contributed by atoms with van der Waals surface area (Å²) < 4.78 is 11.4. The van der Waals surface area contributed by atoms with Crippen molar-refractivity contribution in [3.05, 3.63) is 69.0 Å². The van der Waals surface area contributed by atoms with Gasteiger partial charge in [-0.2, -0.15) is 0 Å². The highest BCUT2D eigenvalue weighted by Crippen LogP contribution is 2.23. The van der Waals surface area contributed by atoms with Crippen LogP contribution in [0, 0.1) is 0 Å². The summed E-state index contributed by atoms with van der Waals surface area (Å²) in [7, 11) is 1.58. The van der Waals surface area contributed by atoms with E-state index in [1.165, 1.54) is 6.07 Å². The summed E-state index contributed by atoms with van der Waals surface area (Å²) in [6, 6.07) is 14.9. The Kier molecular flexibility index (Phi) is 4.15. The van der Waals surface area contributed by atoms with Gasteiger partial charge in [-0.3, -0.25) is 0 Å². The number of ether oxygens (including phenoxy) is 1. The zero-order chi connectivity index (χ0) is 15.5. The fourth-order valence-corrected chi connectivity index (χ4v) is 2.51. The third kappa shape index (κ3) is 3.14. The van der Waals surface area contributed by atoms with Gasteiger partial charge in [0.15, 0.2) is 0 Å². The minimum atomic E-state index is -0.367. The quantitative estimate of drug-likeness (QED) is 0.710. The van der Waals surface area contributed by atoms with Gasteiger partial charge in [0.1, 0.15) is 11.3 Å². The Bertz CT molecular complexity index is 856. The molecule has 0 fully saturated rings. The summed E-state index contributed by atoms with van der Waals surface area (Å²) in [5, 5.41) is 4.20. The molecule has 22 heavy (non-hydrogen) atoms. The molecule has 0 bridgehead atoms. The van der Waals surface area contributed by atoms with E-state index in [4.69, 9.17) is 9.15 Å². The number of hydrogen-bond acceptors (Lipinski definition) is 4. The van der Waals surface area contributed by atoms with Crippen molar-refractivity contribution < 1.29 is 9.15 Å². The number of benzene rings is 2. The van der Waals surface area contributed by atoms with E-state index < -0.39 is 0 Å². The van der Waals surface area contributed by atoms with Crippen molar-refractivity contribution in [2.45, 2.75) is 6.54 Å². The van der Waals surface area contributed by atoms with Crippen molar-refractivity contribution >= 4 is 32.6 Å². The fraction of sp³-hybridized carbons (Fsp3) is 0.118. The molecule has 0 atom stereocenters. The fourth-order valence-electron chi connectivity index (χ4n) is 2.25. The Morgan fingerprint density at radius 3 is 2.64 bits per heavy atom. The molecular formula is C17H14BrNO3. The molecule has 0 radical (unpaired) electrons. The molecule has 1 aromatic heterocycles. The van der Waals surface area contributed by atoms with Crippen LogP contribution in [-0.4, -0.2) is 7.11 Å². The Morgan fingerprint density at radius 2 is 1.91 bits per heavy atom. The van der Waals surface area contributed by atoms with Crippen LogP contribution in [0.15, 0.2) is 62.2 Å². The van der Waals surface area contributed by atoms with Gasteiger partial charge in [-0.1, -0.05) is 15.9 Å². The summed E-state index contributed by atoms with van der Waals surface area (Å²) in [6.45, 7) is 0.538. The maximum Gasteiger partial charge on any atom is 0.336 e. The Hall–Kier alpha value is -2.27. The normalized spacial score (nSPS) is 10.6. The number of halogens is 1. The van der Waals surface area contributed by atoms with Crippen LogP contribution < -0.4 is 15.7 Å². The monoisotopic (exact) mass is 359 g/mol. The number of hydrogen-bond donors (Lipinski definition) is 1. The SMILES string of the molecule is COc1ccc2c(CNc3ccc(Br)cc3)cc(=O)oc2c1. The molecule has 4 nitrogen and oxygen atoms in total. The van der Waals surface area contributed by atoms with E-state index in [-0.39, 0.29) is 5.63 Å². The van der Waals surface area contributed by atoms with Crippen LogP contribution in [0.1, 0.15) is 5.56 Å². The lowest BCUT2D eigenvalue weighted by Gasteiger charge is -2.09. The Balaban J connectivity index is 1.92. The van der Waals surface area contributed by atoms with Crippen LogP contribution in [0.2, 0.25) is 0 Å².